The third-order valence-electron chi connectivity index (χ3n) is 2.78. The summed E-state index contributed by atoms with van der Waals surface area (Å²) in [4.78, 5) is 4.25. The van der Waals surface area contributed by atoms with Crippen LogP contribution in [0.4, 0.5) is 4.39 Å². The van der Waals surface area contributed by atoms with Crippen LogP contribution in [-0.4, -0.2) is 10.1 Å². The van der Waals surface area contributed by atoms with Gasteiger partial charge in [-0.2, -0.15) is 4.98 Å². The summed E-state index contributed by atoms with van der Waals surface area (Å²) in [6, 6.07) is 4.37. The molecule has 1 aromatic heterocycles. The highest BCUT2D eigenvalue weighted by molar-refractivity contribution is 5.55. The second-order valence-electron chi connectivity index (χ2n) is 5.21. The van der Waals surface area contributed by atoms with Gasteiger partial charge < -0.3 is 10.3 Å². The van der Waals surface area contributed by atoms with Gasteiger partial charge in [0.1, 0.15) is 5.82 Å². The van der Waals surface area contributed by atoms with Crippen molar-refractivity contribution in [1.82, 2.24) is 10.1 Å². The molecule has 0 bridgehead atoms. The minimum atomic E-state index is -0.312. The van der Waals surface area contributed by atoms with E-state index in [0.717, 1.165) is 12.0 Å². The monoisotopic (exact) mass is 263 g/mol. The number of nitrogens with zero attached hydrogens (tertiary/aromatic N) is 2. The van der Waals surface area contributed by atoms with Crippen LogP contribution >= 0.6 is 0 Å². The van der Waals surface area contributed by atoms with E-state index in [-0.39, 0.29) is 11.9 Å². The van der Waals surface area contributed by atoms with Crippen molar-refractivity contribution in [2.75, 3.05) is 0 Å². The second kappa shape index (κ2) is 5.48. The summed E-state index contributed by atoms with van der Waals surface area (Å²) in [5, 5.41) is 3.86. The molecule has 0 aliphatic rings. The standard InChI is InChI=1S/C14H18FN3O/c1-8(2)4-12(16)14-17-13(18-19-14)10-5-9(3)6-11(15)7-10/h5-8,12H,4,16H2,1-3H3/t12-/m0/s1. The molecular formula is C14H18FN3O. The number of aryl methyl sites for hydroxylation is 1. The first-order chi connectivity index (χ1) is 8.95. The maximum Gasteiger partial charge on any atom is 0.243 e. The van der Waals surface area contributed by atoms with Gasteiger partial charge >= 0.3 is 0 Å². The second-order valence-corrected chi connectivity index (χ2v) is 5.21. The van der Waals surface area contributed by atoms with E-state index in [4.69, 9.17) is 10.3 Å². The molecule has 102 valence electrons. The summed E-state index contributed by atoms with van der Waals surface area (Å²) >= 11 is 0. The largest absolute Gasteiger partial charge is 0.337 e. The quantitative estimate of drug-likeness (QED) is 0.919. The Morgan fingerprint density at radius 1 is 1.32 bits per heavy atom. The van der Waals surface area contributed by atoms with Crippen molar-refractivity contribution in [3.8, 4) is 11.4 Å². The third kappa shape index (κ3) is 3.38. The van der Waals surface area contributed by atoms with E-state index >= 15 is 0 Å². The van der Waals surface area contributed by atoms with E-state index in [0.29, 0.717) is 23.2 Å². The molecule has 4 nitrogen and oxygen atoms in total. The summed E-state index contributed by atoms with van der Waals surface area (Å²) in [5.74, 6) is 0.900. The fourth-order valence-corrected chi connectivity index (χ4v) is 1.98. The van der Waals surface area contributed by atoms with E-state index in [1.807, 2.05) is 13.0 Å². The van der Waals surface area contributed by atoms with Gasteiger partial charge in [-0.05, 0) is 43.0 Å². The molecule has 0 aliphatic carbocycles. The van der Waals surface area contributed by atoms with Gasteiger partial charge in [0.25, 0.3) is 0 Å². The molecule has 5 heteroatoms. The van der Waals surface area contributed by atoms with Crippen LogP contribution < -0.4 is 5.73 Å². The van der Waals surface area contributed by atoms with E-state index in [1.165, 1.54) is 12.1 Å². The molecule has 0 aliphatic heterocycles. The molecule has 1 heterocycles. The van der Waals surface area contributed by atoms with Gasteiger partial charge in [0.05, 0.1) is 6.04 Å². The number of nitrogens with two attached hydrogens (primary N) is 1. The lowest BCUT2D eigenvalue weighted by Gasteiger charge is -2.08. The van der Waals surface area contributed by atoms with Crippen molar-refractivity contribution in [1.29, 1.82) is 0 Å². The SMILES string of the molecule is Cc1cc(F)cc(-c2noc([C@@H](N)CC(C)C)n2)c1. The minimum absolute atomic E-state index is 0.282. The topological polar surface area (TPSA) is 64.9 Å². The molecule has 1 atom stereocenters. The molecule has 0 amide bonds. The first-order valence-corrected chi connectivity index (χ1v) is 6.32. The maximum absolute atomic E-state index is 13.3. The van der Waals surface area contributed by atoms with Gasteiger partial charge in [-0.1, -0.05) is 19.0 Å². The lowest BCUT2D eigenvalue weighted by atomic mass is 10.0. The van der Waals surface area contributed by atoms with Gasteiger partial charge in [-0.25, -0.2) is 4.39 Å². The summed E-state index contributed by atoms with van der Waals surface area (Å²) in [5.41, 5.74) is 7.39. The minimum Gasteiger partial charge on any atom is -0.337 e. The Bertz CT molecular complexity index is 545. The molecule has 0 unspecified atom stereocenters. The van der Waals surface area contributed by atoms with Crippen LogP contribution in [-0.2, 0) is 0 Å². The normalized spacial score (nSPS) is 12.9. The number of halogens is 1. The predicted octanol–water partition coefficient (Wildman–Crippen LogP) is 3.23. The predicted molar refractivity (Wildman–Crippen MR) is 70.8 cm³/mol. The first kappa shape index (κ1) is 13.7. The lowest BCUT2D eigenvalue weighted by molar-refractivity contribution is 0.335. The van der Waals surface area contributed by atoms with E-state index in [1.54, 1.807) is 0 Å². The van der Waals surface area contributed by atoms with Crippen molar-refractivity contribution < 1.29 is 8.91 Å². The van der Waals surface area contributed by atoms with E-state index in [2.05, 4.69) is 24.0 Å². The zero-order valence-corrected chi connectivity index (χ0v) is 11.4. The Labute approximate surface area is 111 Å². The smallest absolute Gasteiger partial charge is 0.243 e. The molecule has 2 N–H and O–H groups in total. The molecule has 0 spiro atoms. The van der Waals surface area contributed by atoms with Gasteiger partial charge in [0, 0.05) is 5.56 Å². The highest BCUT2D eigenvalue weighted by Gasteiger charge is 2.17. The zero-order valence-electron chi connectivity index (χ0n) is 11.4. The maximum atomic E-state index is 13.3. The molecule has 2 rings (SSSR count). The molecule has 1 aromatic carbocycles. The van der Waals surface area contributed by atoms with E-state index < -0.39 is 0 Å². The summed E-state index contributed by atoms with van der Waals surface area (Å²) in [6.45, 7) is 5.97. The molecule has 0 saturated carbocycles. The summed E-state index contributed by atoms with van der Waals surface area (Å²) < 4.78 is 18.5. The van der Waals surface area contributed by atoms with E-state index in [9.17, 15) is 4.39 Å². The Kier molecular flexibility index (Phi) is 3.95. The average Bonchev–Trinajstić information content (AvgIpc) is 2.75. The number of hydrogen-bond donors (Lipinski definition) is 1. The Morgan fingerprint density at radius 2 is 2.05 bits per heavy atom. The third-order valence-corrected chi connectivity index (χ3v) is 2.78. The van der Waals surface area contributed by atoms with Crippen LogP contribution in [0.15, 0.2) is 22.7 Å². The molecule has 0 radical (unpaired) electrons. The van der Waals surface area contributed by atoms with Gasteiger partial charge in [-0.3, -0.25) is 0 Å². The number of aromatic nitrogens is 2. The molecule has 19 heavy (non-hydrogen) atoms. The summed E-state index contributed by atoms with van der Waals surface area (Å²) in [6.07, 6.45) is 0.768. The van der Waals surface area contributed by atoms with Crippen molar-refractivity contribution in [2.45, 2.75) is 33.2 Å². The van der Waals surface area contributed by atoms with Crippen molar-refractivity contribution in [2.24, 2.45) is 11.7 Å². The first-order valence-electron chi connectivity index (χ1n) is 6.32. The number of rotatable bonds is 4. The summed E-state index contributed by atoms with van der Waals surface area (Å²) in [7, 11) is 0. The highest BCUT2D eigenvalue weighted by Crippen LogP contribution is 2.22. The Morgan fingerprint density at radius 3 is 2.68 bits per heavy atom. The molecule has 0 fully saturated rings. The van der Waals surface area contributed by atoms with Crippen molar-refractivity contribution in [3.05, 3.63) is 35.5 Å². The van der Waals surface area contributed by atoms with Crippen LogP contribution in [0.1, 0.15) is 37.8 Å². The number of hydrogen-bond acceptors (Lipinski definition) is 4. The van der Waals surface area contributed by atoms with Gasteiger partial charge in [0.2, 0.25) is 11.7 Å². The molecular weight excluding hydrogens is 245 g/mol. The highest BCUT2D eigenvalue weighted by atomic mass is 19.1. The van der Waals surface area contributed by atoms with Gasteiger partial charge in [0.15, 0.2) is 0 Å². The fourth-order valence-electron chi connectivity index (χ4n) is 1.98. The Hall–Kier alpha value is -1.75. The van der Waals surface area contributed by atoms with Crippen LogP contribution in [0.5, 0.6) is 0 Å². The lowest BCUT2D eigenvalue weighted by Crippen LogP contribution is -2.13. The van der Waals surface area contributed by atoms with Crippen LogP contribution in [0, 0.1) is 18.7 Å². The average molecular weight is 263 g/mol. The number of benzene rings is 1. The molecule has 2 aromatic rings. The van der Waals surface area contributed by atoms with Gasteiger partial charge in [-0.15, -0.1) is 0 Å². The van der Waals surface area contributed by atoms with Crippen LogP contribution in [0.25, 0.3) is 11.4 Å². The zero-order chi connectivity index (χ0) is 14.0. The fraction of sp³-hybridized carbons (Fsp3) is 0.429. The van der Waals surface area contributed by atoms with Crippen LogP contribution in [0.3, 0.4) is 0 Å². The molecule has 0 saturated heterocycles. The Balaban J connectivity index is 2.25. The van der Waals surface area contributed by atoms with Crippen molar-refractivity contribution in [3.63, 3.8) is 0 Å². The van der Waals surface area contributed by atoms with Crippen LogP contribution in [0.2, 0.25) is 0 Å². The van der Waals surface area contributed by atoms with Crippen molar-refractivity contribution >= 4 is 0 Å².